The van der Waals surface area contributed by atoms with Crippen molar-refractivity contribution < 1.29 is 4.57 Å². The number of pyridine rings is 1. The summed E-state index contributed by atoms with van der Waals surface area (Å²) in [4.78, 5) is 12.6. The lowest BCUT2D eigenvalue weighted by Crippen LogP contribution is -2.35. The average Bonchev–Trinajstić information content (AvgIpc) is 2.68. The summed E-state index contributed by atoms with van der Waals surface area (Å²) in [6.45, 7) is 0.860. The second-order valence-electron chi connectivity index (χ2n) is 6.15. The van der Waals surface area contributed by atoms with Crippen LogP contribution < -0.4 is 10.1 Å². The fourth-order valence-electron chi connectivity index (χ4n) is 2.93. The lowest BCUT2D eigenvalue weighted by atomic mass is 10.2. The number of rotatable bonds is 4. The Morgan fingerprint density at radius 1 is 0.963 bits per heavy atom. The van der Waals surface area contributed by atoms with E-state index < -0.39 is 0 Å². The van der Waals surface area contributed by atoms with E-state index in [0.29, 0.717) is 34.0 Å². The van der Waals surface area contributed by atoms with Gasteiger partial charge in [0.1, 0.15) is 5.52 Å². The predicted molar refractivity (Wildman–Crippen MR) is 105 cm³/mol. The van der Waals surface area contributed by atoms with Crippen LogP contribution in [0.15, 0.2) is 71.8 Å². The zero-order chi connectivity index (χ0) is 18.8. The van der Waals surface area contributed by atoms with Gasteiger partial charge >= 0.3 is 0 Å². The summed E-state index contributed by atoms with van der Waals surface area (Å²) < 4.78 is 3.34. The van der Waals surface area contributed by atoms with E-state index in [4.69, 9.17) is 23.2 Å². The highest BCUT2D eigenvalue weighted by Gasteiger charge is 2.13. The van der Waals surface area contributed by atoms with Gasteiger partial charge in [-0.25, -0.2) is 9.25 Å². The van der Waals surface area contributed by atoms with Crippen LogP contribution in [-0.4, -0.2) is 15.0 Å². The monoisotopic (exact) mass is 397 g/mol. The SMILES string of the molecule is O=c1c2ccccc2nnn1Cc1ccc[n+](Cc2c(Cl)cccc2Cl)c1. The van der Waals surface area contributed by atoms with Crippen LogP contribution in [0.25, 0.3) is 10.9 Å². The molecule has 0 unspecified atom stereocenters. The van der Waals surface area contributed by atoms with Crippen molar-refractivity contribution in [3.8, 4) is 0 Å². The van der Waals surface area contributed by atoms with Crippen molar-refractivity contribution in [3.05, 3.63) is 98.5 Å². The van der Waals surface area contributed by atoms with E-state index in [0.717, 1.165) is 11.1 Å². The topological polar surface area (TPSA) is 51.7 Å². The second-order valence-corrected chi connectivity index (χ2v) is 6.97. The van der Waals surface area contributed by atoms with E-state index in [-0.39, 0.29) is 5.56 Å². The van der Waals surface area contributed by atoms with Crippen molar-refractivity contribution >= 4 is 34.1 Å². The Labute approximate surface area is 165 Å². The number of aromatic nitrogens is 4. The fraction of sp³-hybridized carbons (Fsp3) is 0.100. The molecule has 0 saturated carbocycles. The molecular formula is C20H15Cl2N4O+. The molecule has 2 aromatic heterocycles. The fourth-order valence-corrected chi connectivity index (χ4v) is 3.45. The van der Waals surface area contributed by atoms with Crippen LogP contribution in [0.4, 0.5) is 0 Å². The zero-order valence-corrected chi connectivity index (χ0v) is 15.7. The summed E-state index contributed by atoms with van der Waals surface area (Å²) in [5.41, 5.74) is 2.21. The van der Waals surface area contributed by atoms with Gasteiger partial charge in [0.25, 0.3) is 5.56 Å². The third-order valence-corrected chi connectivity index (χ3v) is 4.99. The van der Waals surface area contributed by atoms with Gasteiger partial charge in [0.2, 0.25) is 0 Å². The van der Waals surface area contributed by atoms with Crippen molar-refractivity contribution in [2.45, 2.75) is 13.1 Å². The molecule has 2 aromatic carbocycles. The molecule has 0 N–H and O–H groups in total. The number of hydrogen-bond donors (Lipinski definition) is 0. The molecule has 0 atom stereocenters. The molecule has 0 spiro atoms. The van der Waals surface area contributed by atoms with E-state index >= 15 is 0 Å². The largest absolute Gasteiger partial charge is 0.277 e. The third-order valence-electron chi connectivity index (χ3n) is 4.28. The Balaban J connectivity index is 1.64. The second kappa shape index (κ2) is 7.47. The Morgan fingerprint density at radius 3 is 2.56 bits per heavy atom. The molecule has 27 heavy (non-hydrogen) atoms. The van der Waals surface area contributed by atoms with Crippen LogP contribution in [0.5, 0.6) is 0 Å². The summed E-state index contributed by atoms with van der Waals surface area (Å²) >= 11 is 12.5. The smallest absolute Gasteiger partial charge is 0.267 e. The van der Waals surface area contributed by atoms with Crippen LogP contribution in [0, 0.1) is 0 Å². The minimum Gasteiger partial charge on any atom is -0.267 e. The molecule has 0 amide bonds. The van der Waals surface area contributed by atoms with Gasteiger partial charge in [0, 0.05) is 11.6 Å². The van der Waals surface area contributed by atoms with E-state index in [1.165, 1.54) is 4.68 Å². The van der Waals surface area contributed by atoms with E-state index in [2.05, 4.69) is 10.3 Å². The maximum atomic E-state index is 12.6. The minimum atomic E-state index is -0.162. The highest BCUT2D eigenvalue weighted by molar-refractivity contribution is 6.35. The number of hydrogen-bond acceptors (Lipinski definition) is 3. The van der Waals surface area contributed by atoms with Crippen molar-refractivity contribution in [2.75, 3.05) is 0 Å². The van der Waals surface area contributed by atoms with Crippen LogP contribution in [-0.2, 0) is 13.1 Å². The molecule has 0 aliphatic rings. The molecule has 0 fully saturated rings. The first kappa shape index (κ1) is 17.6. The maximum Gasteiger partial charge on any atom is 0.277 e. The Kier molecular flexibility index (Phi) is 4.88. The van der Waals surface area contributed by atoms with Gasteiger partial charge in [-0.3, -0.25) is 4.79 Å². The van der Waals surface area contributed by atoms with Gasteiger partial charge in [-0.15, -0.1) is 5.10 Å². The minimum absolute atomic E-state index is 0.162. The summed E-state index contributed by atoms with van der Waals surface area (Å²) in [5, 5.41) is 9.97. The first-order chi connectivity index (χ1) is 13.1. The summed E-state index contributed by atoms with van der Waals surface area (Å²) in [6, 6.07) is 16.5. The Morgan fingerprint density at radius 2 is 1.74 bits per heavy atom. The Hall–Kier alpha value is -2.76. The van der Waals surface area contributed by atoms with Crippen LogP contribution in [0.1, 0.15) is 11.1 Å². The van der Waals surface area contributed by atoms with Gasteiger partial charge in [0.05, 0.1) is 27.5 Å². The van der Waals surface area contributed by atoms with Crippen LogP contribution in [0.3, 0.4) is 0 Å². The summed E-state index contributed by atoms with van der Waals surface area (Å²) in [5.74, 6) is 0. The Bertz CT molecular complexity index is 1170. The summed E-state index contributed by atoms with van der Waals surface area (Å²) in [7, 11) is 0. The van der Waals surface area contributed by atoms with Crippen molar-refractivity contribution in [1.29, 1.82) is 0 Å². The van der Waals surface area contributed by atoms with Crippen molar-refractivity contribution in [3.63, 3.8) is 0 Å². The first-order valence-corrected chi connectivity index (χ1v) is 9.11. The zero-order valence-electron chi connectivity index (χ0n) is 14.2. The molecule has 4 rings (SSSR count). The molecule has 0 saturated heterocycles. The van der Waals surface area contributed by atoms with Gasteiger partial charge < -0.3 is 0 Å². The van der Waals surface area contributed by atoms with Crippen LogP contribution in [0.2, 0.25) is 10.0 Å². The third kappa shape index (κ3) is 3.70. The number of benzene rings is 2. The normalized spacial score (nSPS) is 11.0. The van der Waals surface area contributed by atoms with Crippen molar-refractivity contribution in [2.24, 2.45) is 0 Å². The van der Waals surface area contributed by atoms with Crippen LogP contribution >= 0.6 is 23.2 Å². The molecular weight excluding hydrogens is 383 g/mol. The lowest BCUT2D eigenvalue weighted by Gasteiger charge is -2.06. The molecule has 7 heteroatoms. The number of fused-ring (bicyclic) bond motifs is 1. The van der Waals surface area contributed by atoms with Gasteiger partial charge in [-0.1, -0.05) is 46.6 Å². The molecule has 134 valence electrons. The molecule has 0 aliphatic heterocycles. The van der Waals surface area contributed by atoms with Crippen molar-refractivity contribution in [1.82, 2.24) is 15.0 Å². The highest BCUT2D eigenvalue weighted by Crippen LogP contribution is 2.23. The number of halogens is 2. The average molecular weight is 398 g/mol. The van der Waals surface area contributed by atoms with E-state index in [1.807, 2.05) is 59.4 Å². The maximum absolute atomic E-state index is 12.6. The lowest BCUT2D eigenvalue weighted by molar-refractivity contribution is -0.688. The first-order valence-electron chi connectivity index (χ1n) is 8.35. The predicted octanol–water partition coefficient (Wildman–Crippen LogP) is 3.48. The molecule has 2 heterocycles. The molecule has 4 aromatic rings. The highest BCUT2D eigenvalue weighted by atomic mass is 35.5. The molecule has 0 aliphatic carbocycles. The van der Waals surface area contributed by atoms with Gasteiger partial charge in [-0.05, 0) is 30.3 Å². The van der Waals surface area contributed by atoms with Gasteiger partial charge in [0.15, 0.2) is 18.9 Å². The molecule has 0 bridgehead atoms. The quantitative estimate of drug-likeness (QED) is 0.495. The molecule has 0 radical (unpaired) electrons. The van der Waals surface area contributed by atoms with E-state index in [1.54, 1.807) is 12.1 Å². The van der Waals surface area contributed by atoms with E-state index in [9.17, 15) is 4.79 Å². The summed E-state index contributed by atoms with van der Waals surface area (Å²) in [6.07, 6.45) is 3.88. The van der Waals surface area contributed by atoms with Gasteiger partial charge in [-0.2, -0.15) is 0 Å². The standard InChI is InChI=1S/C20H15Cl2N4O/c21-17-7-3-8-18(22)16(17)13-25-10-4-5-14(11-25)12-26-20(27)15-6-1-2-9-19(15)23-24-26/h1-11H,12-13H2/q+1. The molecule has 5 nitrogen and oxygen atoms in total. The number of nitrogens with zero attached hydrogens (tertiary/aromatic N) is 4.